The molecule has 0 amide bonds. The zero-order valence-corrected chi connectivity index (χ0v) is 13.0. The van der Waals surface area contributed by atoms with Crippen LogP contribution in [0.2, 0.25) is 0 Å². The predicted molar refractivity (Wildman–Crippen MR) is 88.4 cm³/mol. The first-order chi connectivity index (χ1) is 10.7. The first kappa shape index (κ1) is 17.9. The second-order valence-corrected chi connectivity index (χ2v) is 4.84. The van der Waals surface area contributed by atoms with Gasteiger partial charge in [-0.1, -0.05) is 43.4 Å². The molecule has 0 saturated heterocycles. The first-order valence-electron chi connectivity index (χ1n) is 7.58. The Bertz CT molecular complexity index is 467. The molecule has 3 heteroatoms. The van der Waals surface area contributed by atoms with Crippen LogP contribution in [-0.4, -0.2) is 17.8 Å². The highest BCUT2D eigenvalue weighted by Gasteiger charge is 2.10. The summed E-state index contributed by atoms with van der Waals surface area (Å²) in [6.45, 7) is 2.30. The summed E-state index contributed by atoms with van der Waals surface area (Å²) in [7, 11) is 0. The van der Waals surface area contributed by atoms with Crippen molar-refractivity contribution in [3.8, 4) is 0 Å². The van der Waals surface area contributed by atoms with Crippen molar-refractivity contribution >= 4 is 0 Å². The molecule has 1 N–H and O–H groups in total. The van der Waals surface area contributed by atoms with Crippen LogP contribution in [-0.2, 0) is 4.74 Å². The lowest BCUT2D eigenvalue weighted by Crippen LogP contribution is -2.14. The molecule has 118 valence electrons. The Hall–Kier alpha value is -2.13. The number of hydrogen-bond acceptors (Lipinski definition) is 3. The molecule has 0 aromatic carbocycles. The molecule has 0 aromatic heterocycles. The molecular formula is C19H24O3. The summed E-state index contributed by atoms with van der Waals surface area (Å²) in [5.74, 6) is -0.296. The molecule has 0 spiro atoms. The maximum absolute atomic E-state index is 11.4. The van der Waals surface area contributed by atoms with Crippen LogP contribution in [0.15, 0.2) is 72.8 Å². The van der Waals surface area contributed by atoms with Crippen LogP contribution in [0.1, 0.15) is 19.8 Å². The van der Waals surface area contributed by atoms with E-state index in [-0.39, 0.29) is 18.5 Å². The molecule has 22 heavy (non-hydrogen) atoms. The Morgan fingerprint density at radius 1 is 1.18 bits per heavy atom. The van der Waals surface area contributed by atoms with E-state index in [1.807, 2.05) is 37.6 Å². The molecule has 0 aromatic rings. The van der Waals surface area contributed by atoms with Gasteiger partial charge in [-0.15, -0.1) is 0 Å². The Morgan fingerprint density at radius 2 is 2.00 bits per heavy atom. The Labute approximate surface area is 133 Å². The Balaban J connectivity index is 2.74. The Kier molecular flexibility index (Phi) is 9.38. The SMILES string of the molecule is CC[C@H]1/C=C\CC=C[CH+]C=CCOC([O-])=CC=CC=C[C@H]1O. The molecule has 1 aliphatic heterocycles. The van der Waals surface area contributed by atoms with Gasteiger partial charge in [0.25, 0.3) is 0 Å². The molecule has 1 aliphatic rings. The van der Waals surface area contributed by atoms with Gasteiger partial charge in [-0.25, -0.2) is 0 Å². The minimum atomic E-state index is -0.532. The van der Waals surface area contributed by atoms with Gasteiger partial charge in [-0.2, -0.15) is 0 Å². The molecule has 0 fully saturated rings. The van der Waals surface area contributed by atoms with Crippen molar-refractivity contribution in [1.29, 1.82) is 0 Å². The van der Waals surface area contributed by atoms with Crippen molar-refractivity contribution in [3.63, 3.8) is 0 Å². The predicted octanol–water partition coefficient (Wildman–Crippen LogP) is 2.98. The third-order valence-electron chi connectivity index (χ3n) is 3.14. The summed E-state index contributed by atoms with van der Waals surface area (Å²) in [5, 5.41) is 21.5. The molecule has 1 heterocycles. The van der Waals surface area contributed by atoms with Gasteiger partial charge < -0.3 is 14.9 Å². The number of rotatable bonds is 1. The maximum Gasteiger partial charge on any atom is 0.0786 e. The van der Waals surface area contributed by atoms with Gasteiger partial charge in [0.05, 0.1) is 18.7 Å². The second kappa shape index (κ2) is 11.5. The van der Waals surface area contributed by atoms with Gasteiger partial charge in [-0.05, 0) is 12.5 Å². The van der Waals surface area contributed by atoms with Crippen molar-refractivity contribution in [2.45, 2.75) is 25.9 Å². The van der Waals surface area contributed by atoms with Crippen molar-refractivity contribution in [2.24, 2.45) is 5.92 Å². The summed E-state index contributed by atoms with van der Waals surface area (Å²) in [4.78, 5) is 0. The van der Waals surface area contributed by atoms with E-state index in [4.69, 9.17) is 4.74 Å². The highest BCUT2D eigenvalue weighted by atomic mass is 16.6. The molecule has 0 bridgehead atoms. The van der Waals surface area contributed by atoms with Gasteiger partial charge in [0, 0.05) is 43.1 Å². The van der Waals surface area contributed by atoms with E-state index in [2.05, 4.69) is 6.08 Å². The lowest BCUT2D eigenvalue weighted by atomic mass is 9.98. The summed E-state index contributed by atoms with van der Waals surface area (Å²) in [6.07, 6.45) is 22.9. The third kappa shape index (κ3) is 8.22. The van der Waals surface area contributed by atoms with Crippen molar-refractivity contribution in [1.82, 2.24) is 0 Å². The molecule has 2 atom stereocenters. The molecule has 0 unspecified atom stereocenters. The highest BCUT2D eigenvalue weighted by molar-refractivity contribution is 5.14. The molecular weight excluding hydrogens is 276 g/mol. The van der Waals surface area contributed by atoms with Crippen LogP contribution < -0.4 is 5.11 Å². The topological polar surface area (TPSA) is 52.5 Å². The average Bonchev–Trinajstić information content (AvgIpc) is 2.51. The third-order valence-corrected chi connectivity index (χ3v) is 3.14. The van der Waals surface area contributed by atoms with E-state index in [0.29, 0.717) is 0 Å². The summed E-state index contributed by atoms with van der Waals surface area (Å²) >= 11 is 0. The molecule has 3 nitrogen and oxygen atoms in total. The lowest BCUT2D eigenvalue weighted by molar-refractivity contribution is -0.355. The van der Waals surface area contributed by atoms with E-state index in [0.717, 1.165) is 12.8 Å². The number of aliphatic hydroxyl groups is 1. The Morgan fingerprint density at radius 3 is 2.82 bits per heavy atom. The zero-order valence-electron chi connectivity index (χ0n) is 13.0. The van der Waals surface area contributed by atoms with Crippen LogP contribution in [0.3, 0.4) is 0 Å². The largest absolute Gasteiger partial charge is 0.596 e. The first-order valence-corrected chi connectivity index (χ1v) is 7.58. The quantitative estimate of drug-likeness (QED) is 0.598. The summed E-state index contributed by atoms with van der Waals surface area (Å²) in [6, 6.07) is 0. The number of ether oxygens (including phenoxy) is 1. The van der Waals surface area contributed by atoms with E-state index in [1.54, 1.807) is 30.4 Å². The number of allylic oxidation sites excluding steroid dienone is 8. The standard InChI is InChI=1S/C19H24O3/c1-2-17-13-9-6-4-3-5-7-12-16-22-19(21)15-11-8-10-14-18(17)20/h3-5,7-15,17-18,20H,2,6,16H2,1H3/b4-3?,11-8?,12-7?,13-9-,14-10?,19-15?/t17-,18+/m0/s1. The normalized spacial score (nSPS) is 25.5. The number of aliphatic hydroxyl groups excluding tert-OH is 1. The van der Waals surface area contributed by atoms with Crippen molar-refractivity contribution in [3.05, 3.63) is 79.2 Å². The van der Waals surface area contributed by atoms with Crippen LogP contribution in [0.4, 0.5) is 0 Å². The monoisotopic (exact) mass is 300 g/mol. The van der Waals surface area contributed by atoms with Crippen molar-refractivity contribution in [2.75, 3.05) is 6.61 Å². The van der Waals surface area contributed by atoms with Gasteiger partial charge in [0.2, 0.25) is 0 Å². The van der Waals surface area contributed by atoms with Crippen LogP contribution >= 0.6 is 0 Å². The van der Waals surface area contributed by atoms with Crippen LogP contribution in [0, 0.1) is 12.3 Å². The highest BCUT2D eigenvalue weighted by Crippen LogP contribution is 2.12. The molecule has 0 aliphatic carbocycles. The van der Waals surface area contributed by atoms with Gasteiger partial charge in [0.1, 0.15) is 0 Å². The van der Waals surface area contributed by atoms with E-state index >= 15 is 0 Å². The van der Waals surface area contributed by atoms with Gasteiger partial charge >= 0.3 is 0 Å². The average molecular weight is 300 g/mol. The van der Waals surface area contributed by atoms with Gasteiger partial charge in [-0.3, -0.25) is 0 Å². The smallest absolute Gasteiger partial charge is 0.0786 e. The summed E-state index contributed by atoms with van der Waals surface area (Å²) in [5.41, 5.74) is 0. The lowest BCUT2D eigenvalue weighted by Gasteiger charge is -2.14. The molecule has 0 saturated carbocycles. The maximum atomic E-state index is 11.4. The fourth-order valence-electron chi connectivity index (χ4n) is 1.88. The van der Waals surface area contributed by atoms with Crippen LogP contribution in [0.25, 0.3) is 0 Å². The summed E-state index contributed by atoms with van der Waals surface area (Å²) < 4.78 is 4.98. The second-order valence-electron chi connectivity index (χ2n) is 4.84. The van der Waals surface area contributed by atoms with E-state index in [9.17, 15) is 10.2 Å². The van der Waals surface area contributed by atoms with Crippen molar-refractivity contribution < 1.29 is 14.9 Å². The molecule has 0 radical (unpaired) electrons. The number of hydrogen-bond donors (Lipinski definition) is 1. The fraction of sp³-hybridized carbons (Fsp3) is 0.316. The zero-order chi connectivity index (χ0) is 16.0. The molecule has 1 rings (SSSR count). The minimum absolute atomic E-state index is 0.0924. The van der Waals surface area contributed by atoms with Gasteiger partial charge in [0.15, 0.2) is 0 Å². The van der Waals surface area contributed by atoms with E-state index < -0.39 is 6.10 Å². The minimum Gasteiger partial charge on any atom is -0.596 e. The fourth-order valence-corrected chi connectivity index (χ4v) is 1.88. The van der Waals surface area contributed by atoms with E-state index in [1.165, 1.54) is 6.08 Å². The van der Waals surface area contributed by atoms with Crippen LogP contribution in [0.5, 0.6) is 0 Å².